The highest BCUT2D eigenvalue weighted by atomic mass is 19.1. The molecule has 1 heterocycles. The van der Waals surface area contributed by atoms with Crippen LogP contribution in [0.3, 0.4) is 0 Å². The van der Waals surface area contributed by atoms with Gasteiger partial charge in [0.05, 0.1) is 0 Å². The molecule has 3 nitrogen and oxygen atoms in total. The molecule has 0 saturated carbocycles. The average molecular weight is 233 g/mol. The first kappa shape index (κ1) is 11.8. The summed E-state index contributed by atoms with van der Waals surface area (Å²) in [6, 6.07) is 6.82. The fraction of sp³-hybridized carbons (Fsp3) is 0.308. The zero-order chi connectivity index (χ0) is 12.1. The molecule has 1 N–H and O–H groups in total. The van der Waals surface area contributed by atoms with Crippen molar-refractivity contribution >= 4 is 0 Å². The van der Waals surface area contributed by atoms with Crippen LogP contribution in [0.25, 0.3) is 0 Å². The van der Waals surface area contributed by atoms with Crippen LogP contribution in [-0.4, -0.2) is 16.1 Å². The summed E-state index contributed by atoms with van der Waals surface area (Å²) in [6.45, 7) is 1.34. The second-order valence-corrected chi connectivity index (χ2v) is 3.97. The lowest BCUT2D eigenvalue weighted by atomic mass is 10.2. The van der Waals surface area contributed by atoms with E-state index >= 15 is 0 Å². The largest absolute Gasteiger partial charge is 0.338 e. The average Bonchev–Trinajstić information content (AvgIpc) is 2.73. The third-order valence-electron chi connectivity index (χ3n) is 2.72. The van der Waals surface area contributed by atoms with Crippen molar-refractivity contribution in [1.29, 1.82) is 0 Å². The number of imidazole rings is 1. The lowest BCUT2D eigenvalue weighted by Crippen LogP contribution is -2.18. The first-order valence-corrected chi connectivity index (χ1v) is 5.67. The molecule has 0 radical (unpaired) electrons. The van der Waals surface area contributed by atoms with Gasteiger partial charge >= 0.3 is 0 Å². The van der Waals surface area contributed by atoms with Crippen LogP contribution >= 0.6 is 0 Å². The van der Waals surface area contributed by atoms with Gasteiger partial charge < -0.3 is 9.88 Å². The molecule has 2 rings (SSSR count). The molecule has 0 fully saturated rings. The standard InChI is InChI=1S/C13H16FN3/c1-17-9-8-16-13(17)6-7-15-10-11-4-2-3-5-12(11)14/h2-5,8-9,15H,6-7,10H2,1H3. The molecule has 0 spiro atoms. The van der Waals surface area contributed by atoms with E-state index in [1.807, 2.05) is 23.9 Å². The van der Waals surface area contributed by atoms with Gasteiger partial charge in [-0.25, -0.2) is 9.37 Å². The maximum Gasteiger partial charge on any atom is 0.127 e. The summed E-state index contributed by atoms with van der Waals surface area (Å²) in [4.78, 5) is 4.23. The van der Waals surface area contributed by atoms with Gasteiger partial charge in [-0.1, -0.05) is 18.2 Å². The number of benzene rings is 1. The summed E-state index contributed by atoms with van der Waals surface area (Å²) in [5.41, 5.74) is 0.701. The number of rotatable bonds is 5. The minimum atomic E-state index is -0.156. The van der Waals surface area contributed by atoms with Crippen molar-refractivity contribution in [3.8, 4) is 0 Å². The monoisotopic (exact) mass is 233 g/mol. The highest BCUT2D eigenvalue weighted by Crippen LogP contribution is 2.05. The fourth-order valence-electron chi connectivity index (χ4n) is 1.70. The Bertz CT molecular complexity index is 479. The summed E-state index contributed by atoms with van der Waals surface area (Å²) in [5, 5.41) is 3.21. The smallest absolute Gasteiger partial charge is 0.127 e. The molecule has 17 heavy (non-hydrogen) atoms. The van der Waals surface area contributed by atoms with E-state index in [4.69, 9.17) is 0 Å². The Hall–Kier alpha value is -1.68. The number of aryl methyl sites for hydroxylation is 1. The van der Waals surface area contributed by atoms with Crippen molar-refractivity contribution in [2.24, 2.45) is 7.05 Å². The second-order valence-electron chi connectivity index (χ2n) is 3.97. The van der Waals surface area contributed by atoms with Gasteiger partial charge in [0.15, 0.2) is 0 Å². The minimum absolute atomic E-state index is 0.156. The van der Waals surface area contributed by atoms with E-state index in [9.17, 15) is 4.39 Å². The SMILES string of the molecule is Cn1ccnc1CCNCc1ccccc1F. The number of hydrogen-bond acceptors (Lipinski definition) is 2. The van der Waals surface area contributed by atoms with Crippen LogP contribution in [0.1, 0.15) is 11.4 Å². The second kappa shape index (κ2) is 5.59. The van der Waals surface area contributed by atoms with E-state index in [0.717, 1.165) is 18.8 Å². The van der Waals surface area contributed by atoms with Crippen LogP contribution in [0.5, 0.6) is 0 Å². The summed E-state index contributed by atoms with van der Waals surface area (Å²) in [7, 11) is 1.97. The molecular weight excluding hydrogens is 217 g/mol. The lowest BCUT2D eigenvalue weighted by Gasteiger charge is -2.06. The Labute approximate surface area is 100 Å². The third-order valence-corrected chi connectivity index (χ3v) is 2.72. The van der Waals surface area contributed by atoms with E-state index in [1.165, 1.54) is 6.07 Å². The molecule has 0 saturated heterocycles. The van der Waals surface area contributed by atoms with E-state index in [-0.39, 0.29) is 5.82 Å². The predicted molar refractivity (Wildman–Crippen MR) is 65.0 cm³/mol. The van der Waals surface area contributed by atoms with Gasteiger partial charge in [-0.15, -0.1) is 0 Å². The summed E-state index contributed by atoms with van der Waals surface area (Å²) >= 11 is 0. The van der Waals surface area contributed by atoms with Crippen molar-refractivity contribution in [2.75, 3.05) is 6.54 Å². The van der Waals surface area contributed by atoms with E-state index in [2.05, 4.69) is 10.3 Å². The number of aromatic nitrogens is 2. The van der Waals surface area contributed by atoms with Crippen LogP contribution in [-0.2, 0) is 20.0 Å². The van der Waals surface area contributed by atoms with Crippen molar-refractivity contribution in [3.05, 3.63) is 53.9 Å². The van der Waals surface area contributed by atoms with Gasteiger partial charge in [-0.2, -0.15) is 0 Å². The molecule has 0 amide bonds. The molecule has 0 aliphatic carbocycles. The van der Waals surface area contributed by atoms with E-state index in [1.54, 1.807) is 18.3 Å². The normalized spacial score (nSPS) is 10.7. The maximum atomic E-state index is 13.3. The molecule has 1 aromatic heterocycles. The third kappa shape index (κ3) is 3.14. The van der Waals surface area contributed by atoms with E-state index in [0.29, 0.717) is 12.1 Å². The van der Waals surface area contributed by atoms with Crippen LogP contribution in [0.2, 0.25) is 0 Å². The van der Waals surface area contributed by atoms with Gasteiger partial charge in [-0.05, 0) is 6.07 Å². The Morgan fingerprint density at radius 2 is 2.18 bits per heavy atom. The van der Waals surface area contributed by atoms with Crippen LogP contribution in [0.4, 0.5) is 4.39 Å². The molecule has 0 unspecified atom stereocenters. The topological polar surface area (TPSA) is 29.9 Å². The highest BCUT2D eigenvalue weighted by molar-refractivity contribution is 5.16. The zero-order valence-electron chi connectivity index (χ0n) is 9.86. The summed E-state index contributed by atoms with van der Waals surface area (Å²) in [5.74, 6) is 0.878. The van der Waals surface area contributed by atoms with Gasteiger partial charge in [-0.3, -0.25) is 0 Å². The van der Waals surface area contributed by atoms with Crippen molar-refractivity contribution in [1.82, 2.24) is 14.9 Å². The Morgan fingerprint density at radius 1 is 1.35 bits per heavy atom. The molecule has 4 heteroatoms. The number of hydrogen-bond donors (Lipinski definition) is 1. The predicted octanol–water partition coefficient (Wildman–Crippen LogP) is 1.89. The van der Waals surface area contributed by atoms with E-state index < -0.39 is 0 Å². The Kier molecular flexibility index (Phi) is 3.88. The Morgan fingerprint density at radius 3 is 2.88 bits per heavy atom. The molecule has 0 atom stereocenters. The fourth-order valence-corrected chi connectivity index (χ4v) is 1.70. The molecule has 90 valence electrons. The molecule has 0 aliphatic heterocycles. The van der Waals surface area contributed by atoms with Crippen molar-refractivity contribution < 1.29 is 4.39 Å². The first-order valence-electron chi connectivity index (χ1n) is 5.67. The highest BCUT2D eigenvalue weighted by Gasteiger charge is 2.01. The molecule has 0 bridgehead atoms. The summed E-state index contributed by atoms with van der Waals surface area (Å²) in [6.07, 6.45) is 4.55. The number of nitrogens with one attached hydrogen (secondary N) is 1. The van der Waals surface area contributed by atoms with Gasteiger partial charge in [0, 0.05) is 44.5 Å². The Balaban J connectivity index is 1.77. The van der Waals surface area contributed by atoms with Gasteiger partial charge in [0.1, 0.15) is 11.6 Å². The van der Waals surface area contributed by atoms with Gasteiger partial charge in [0.25, 0.3) is 0 Å². The number of halogens is 1. The van der Waals surface area contributed by atoms with Crippen LogP contribution in [0, 0.1) is 5.82 Å². The molecule has 2 aromatic rings. The quantitative estimate of drug-likeness (QED) is 0.799. The lowest BCUT2D eigenvalue weighted by molar-refractivity contribution is 0.584. The minimum Gasteiger partial charge on any atom is -0.338 e. The maximum absolute atomic E-state index is 13.3. The van der Waals surface area contributed by atoms with Crippen LogP contribution in [0.15, 0.2) is 36.7 Å². The molecular formula is C13H16FN3. The summed E-state index contributed by atoms with van der Waals surface area (Å²) < 4.78 is 15.3. The van der Waals surface area contributed by atoms with Crippen LogP contribution < -0.4 is 5.32 Å². The van der Waals surface area contributed by atoms with Crippen molar-refractivity contribution in [3.63, 3.8) is 0 Å². The molecule has 1 aromatic carbocycles. The first-order chi connectivity index (χ1) is 8.27. The zero-order valence-corrected chi connectivity index (χ0v) is 9.86. The van der Waals surface area contributed by atoms with Gasteiger partial charge in [0.2, 0.25) is 0 Å². The number of nitrogens with zero attached hydrogens (tertiary/aromatic N) is 2. The van der Waals surface area contributed by atoms with Crippen molar-refractivity contribution in [2.45, 2.75) is 13.0 Å². The molecule has 0 aliphatic rings.